The lowest BCUT2D eigenvalue weighted by molar-refractivity contribution is -0.143. The van der Waals surface area contributed by atoms with Crippen LogP contribution in [-0.4, -0.2) is 41.7 Å². The van der Waals surface area contributed by atoms with Crippen molar-refractivity contribution >= 4 is 40.9 Å². The van der Waals surface area contributed by atoms with Gasteiger partial charge in [-0.05, 0) is 36.2 Å². The number of hydrogen-bond donors (Lipinski definition) is 3. The van der Waals surface area contributed by atoms with E-state index >= 15 is 0 Å². The van der Waals surface area contributed by atoms with Crippen molar-refractivity contribution in [3.05, 3.63) is 58.1 Å². The molecule has 0 bridgehead atoms. The SMILES string of the molecule is COc1ccc(CN2C(=O)[C@@H]3[C@H](CC(N)=O)N[C@@]4(C(=O)Nc5c(Cl)cc(C)cc54)[C@@H]3C2=O)cc1. The average molecular weight is 483 g/mol. The Hall–Kier alpha value is -3.43. The van der Waals surface area contributed by atoms with E-state index in [-0.39, 0.29) is 13.0 Å². The maximum atomic E-state index is 13.8. The number of hydrogen-bond acceptors (Lipinski definition) is 6. The fraction of sp³-hybridized carbons (Fsp3) is 0.333. The van der Waals surface area contributed by atoms with E-state index in [2.05, 4.69) is 10.6 Å². The number of rotatable bonds is 5. The lowest BCUT2D eigenvalue weighted by Gasteiger charge is -2.29. The molecule has 9 nitrogen and oxygen atoms in total. The summed E-state index contributed by atoms with van der Waals surface area (Å²) in [6.45, 7) is 1.87. The summed E-state index contributed by atoms with van der Waals surface area (Å²) in [7, 11) is 1.55. The molecule has 0 unspecified atom stereocenters. The Morgan fingerprint density at radius 3 is 2.53 bits per heavy atom. The van der Waals surface area contributed by atoms with Gasteiger partial charge in [-0.25, -0.2) is 0 Å². The van der Waals surface area contributed by atoms with Crippen LogP contribution in [0, 0.1) is 18.8 Å². The minimum atomic E-state index is -1.53. The maximum absolute atomic E-state index is 13.8. The van der Waals surface area contributed by atoms with Crippen LogP contribution in [0.2, 0.25) is 5.02 Å². The number of fused-ring (bicyclic) bond motifs is 4. The first-order valence-electron chi connectivity index (χ1n) is 10.8. The molecule has 3 heterocycles. The van der Waals surface area contributed by atoms with Crippen molar-refractivity contribution in [3.63, 3.8) is 0 Å². The number of primary amides is 1. The highest BCUT2D eigenvalue weighted by Crippen LogP contribution is 2.54. The third-order valence-corrected chi connectivity index (χ3v) is 7.23. The summed E-state index contributed by atoms with van der Waals surface area (Å²) < 4.78 is 5.17. The summed E-state index contributed by atoms with van der Waals surface area (Å²) in [5, 5.41) is 6.28. The van der Waals surface area contributed by atoms with Crippen molar-refractivity contribution in [2.24, 2.45) is 17.6 Å². The third kappa shape index (κ3) is 3.11. The molecule has 1 spiro atoms. The molecule has 4 N–H and O–H groups in total. The number of carbonyl (C=O) groups is 4. The van der Waals surface area contributed by atoms with Gasteiger partial charge < -0.3 is 15.8 Å². The van der Waals surface area contributed by atoms with Gasteiger partial charge in [0.05, 0.1) is 36.2 Å². The monoisotopic (exact) mass is 482 g/mol. The average Bonchev–Trinajstić information content (AvgIpc) is 3.35. The van der Waals surface area contributed by atoms with Crippen molar-refractivity contribution in [1.29, 1.82) is 0 Å². The molecule has 3 aliphatic heterocycles. The van der Waals surface area contributed by atoms with Gasteiger partial charge in [-0.3, -0.25) is 29.4 Å². The Morgan fingerprint density at radius 2 is 1.88 bits per heavy atom. The summed E-state index contributed by atoms with van der Waals surface area (Å²) in [5.41, 5.74) is 6.35. The predicted octanol–water partition coefficient (Wildman–Crippen LogP) is 1.45. The number of amides is 4. The van der Waals surface area contributed by atoms with Gasteiger partial charge in [0.15, 0.2) is 0 Å². The van der Waals surface area contributed by atoms with Crippen molar-refractivity contribution in [2.75, 3.05) is 12.4 Å². The van der Waals surface area contributed by atoms with E-state index in [0.717, 1.165) is 16.0 Å². The van der Waals surface area contributed by atoms with Gasteiger partial charge in [0.2, 0.25) is 23.6 Å². The molecule has 4 amide bonds. The first-order chi connectivity index (χ1) is 16.2. The molecule has 0 saturated carbocycles. The van der Waals surface area contributed by atoms with Crippen LogP contribution in [0.3, 0.4) is 0 Å². The predicted molar refractivity (Wildman–Crippen MR) is 123 cm³/mol. The minimum Gasteiger partial charge on any atom is -0.497 e. The molecule has 34 heavy (non-hydrogen) atoms. The molecule has 0 radical (unpaired) electrons. The quantitative estimate of drug-likeness (QED) is 0.553. The van der Waals surface area contributed by atoms with Gasteiger partial charge in [0, 0.05) is 18.0 Å². The van der Waals surface area contributed by atoms with Gasteiger partial charge >= 0.3 is 0 Å². The highest BCUT2D eigenvalue weighted by molar-refractivity contribution is 6.35. The van der Waals surface area contributed by atoms with Crippen LogP contribution >= 0.6 is 11.6 Å². The van der Waals surface area contributed by atoms with E-state index in [1.807, 2.05) is 6.92 Å². The number of carbonyl (C=O) groups excluding carboxylic acids is 4. The van der Waals surface area contributed by atoms with Crippen LogP contribution in [-0.2, 0) is 31.3 Å². The normalized spacial score (nSPS) is 27.2. The molecule has 4 atom stereocenters. The van der Waals surface area contributed by atoms with Crippen molar-refractivity contribution in [1.82, 2.24) is 10.2 Å². The van der Waals surface area contributed by atoms with Crippen molar-refractivity contribution in [2.45, 2.75) is 31.5 Å². The standard InChI is InChI=1S/C24H23ClN4O5/c1-11-7-14-20(15(25)8-11)27-23(33)24(14)19-18(16(28-24)9-17(26)30)21(31)29(22(19)32)10-12-3-5-13(34-2)6-4-12/h3-8,16,18-19,28H,9-10H2,1-2H3,(H2,26,30)(H,27,33)/t16-,18+,19-,24+/m0/s1. The molecule has 2 saturated heterocycles. The Balaban J connectivity index is 1.59. The molecule has 0 aromatic heterocycles. The fourth-order valence-electron chi connectivity index (χ4n) is 5.51. The number of benzene rings is 2. The largest absolute Gasteiger partial charge is 0.497 e. The number of halogens is 1. The number of aryl methyl sites for hydroxylation is 1. The Labute approximate surface area is 200 Å². The summed E-state index contributed by atoms with van der Waals surface area (Å²) in [5.74, 6) is -3.35. The summed E-state index contributed by atoms with van der Waals surface area (Å²) in [6, 6.07) is 9.73. The van der Waals surface area contributed by atoms with E-state index in [4.69, 9.17) is 22.1 Å². The van der Waals surface area contributed by atoms with E-state index in [1.54, 1.807) is 43.5 Å². The second-order valence-corrected chi connectivity index (χ2v) is 9.37. The first-order valence-corrected chi connectivity index (χ1v) is 11.2. The van der Waals surface area contributed by atoms with E-state index in [9.17, 15) is 19.2 Å². The molecule has 2 aromatic carbocycles. The minimum absolute atomic E-state index is 0.0388. The lowest BCUT2D eigenvalue weighted by Crippen LogP contribution is -2.53. The van der Waals surface area contributed by atoms with Gasteiger partial charge in [0.25, 0.3) is 0 Å². The lowest BCUT2D eigenvalue weighted by atomic mass is 9.76. The van der Waals surface area contributed by atoms with Crippen LogP contribution in [0.4, 0.5) is 5.69 Å². The third-order valence-electron chi connectivity index (χ3n) is 6.93. The summed E-state index contributed by atoms with van der Waals surface area (Å²) in [4.78, 5) is 53.7. The Bertz CT molecular complexity index is 1250. The zero-order valence-corrected chi connectivity index (χ0v) is 19.3. The van der Waals surface area contributed by atoms with Gasteiger partial charge in [-0.15, -0.1) is 0 Å². The topological polar surface area (TPSA) is 131 Å². The van der Waals surface area contributed by atoms with E-state index in [1.165, 1.54) is 0 Å². The fourth-order valence-corrected chi connectivity index (χ4v) is 5.84. The Kier molecular flexibility index (Phi) is 5.14. The number of methoxy groups -OCH3 is 1. The number of likely N-dealkylation sites (tertiary alicyclic amines) is 1. The molecule has 2 aromatic rings. The first kappa shape index (κ1) is 22.4. The second-order valence-electron chi connectivity index (χ2n) is 8.97. The van der Waals surface area contributed by atoms with Gasteiger partial charge in [-0.1, -0.05) is 29.8 Å². The zero-order chi connectivity index (χ0) is 24.4. The highest BCUT2D eigenvalue weighted by Gasteiger charge is 2.70. The summed E-state index contributed by atoms with van der Waals surface area (Å²) >= 11 is 6.40. The van der Waals surface area contributed by atoms with E-state index < -0.39 is 47.0 Å². The van der Waals surface area contributed by atoms with Crippen LogP contribution in [0.1, 0.15) is 23.1 Å². The molecule has 5 rings (SSSR count). The maximum Gasteiger partial charge on any atom is 0.250 e. The number of nitrogens with zero attached hydrogens (tertiary/aromatic N) is 1. The van der Waals surface area contributed by atoms with Crippen LogP contribution in [0.15, 0.2) is 36.4 Å². The molecule has 3 aliphatic rings. The van der Waals surface area contributed by atoms with Crippen LogP contribution in [0.5, 0.6) is 5.75 Å². The second kappa shape index (κ2) is 7.82. The van der Waals surface area contributed by atoms with Crippen LogP contribution < -0.4 is 21.1 Å². The molecular weight excluding hydrogens is 460 g/mol. The van der Waals surface area contributed by atoms with E-state index in [0.29, 0.717) is 22.0 Å². The van der Waals surface area contributed by atoms with Crippen molar-refractivity contribution in [3.8, 4) is 5.75 Å². The smallest absolute Gasteiger partial charge is 0.250 e. The molecule has 176 valence electrons. The molecule has 2 fully saturated rings. The number of imide groups is 1. The Morgan fingerprint density at radius 1 is 1.18 bits per heavy atom. The molecular formula is C24H23ClN4O5. The number of anilines is 1. The number of nitrogens with two attached hydrogens (primary N) is 1. The number of ether oxygens (including phenoxy) is 1. The van der Waals surface area contributed by atoms with Gasteiger partial charge in [0.1, 0.15) is 11.3 Å². The summed E-state index contributed by atoms with van der Waals surface area (Å²) in [6.07, 6.45) is -0.194. The highest BCUT2D eigenvalue weighted by atomic mass is 35.5. The van der Waals surface area contributed by atoms with Crippen molar-refractivity contribution < 1.29 is 23.9 Å². The zero-order valence-electron chi connectivity index (χ0n) is 18.6. The van der Waals surface area contributed by atoms with Gasteiger partial charge in [-0.2, -0.15) is 0 Å². The molecule has 0 aliphatic carbocycles. The number of nitrogens with one attached hydrogen (secondary N) is 2. The molecule has 10 heteroatoms. The van der Waals surface area contributed by atoms with Crippen LogP contribution in [0.25, 0.3) is 0 Å².